The molecule has 0 bridgehead atoms. The predicted octanol–water partition coefficient (Wildman–Crippen LogP) is 3.62. The number of hydrogen-bond donors (Lipinski definition) is 0. The highest BCUT2D eigenvalue weighted by Crippen LogP contribution is 2.30. The van der Waals surface area contributed by atoms with E-state index in [9.17, 15) is 26.4 Å². The van der Waals surface area contributed by atoms with Crippen molar-refractivity contribution in [2.45, 2.75) is 57.9 Å². The molecule has 2 atom stereocenters. The minimum atomic E-state index is -4.34. The van der Waals surface area contributed by atoms with Crippen LogP contribution in [0.3, 0.4) is 0 Å². The van der Waals surface area contributed by atoms with Gasteiger partial charge in [0, 0.05) is 25.7 Å². The van der Waals surface area contributed by atoms with Crippen LogP contribution in [0.2, 0.25) is 0 Å². The molecule has 0 saturated carbocycles. The second-order valence-corrected chi connectivity index (χ2v) is 12.3. The number of nitrogens with zero attached hydrogens (tertiary/aromatic N) is 3. The summed E-state index contributed by atoms with van der Waals surface area (Å²) < 4.78 is 63.5. The number of quaternary nitrogens is 1. The second-order valence-electron chi connectivity index (χ2n) is 9.87. The van der Waals surface area contributed by atoms with E-state index in [0.717, 1.165) is 38.3 Å². The molecule has 1 aliphatic heterocycles. The summed E-state index contributed by atoms with van der Waals surface area (Å²) in [5.41, 5.74) is 0.0565. The lowest BCUT2D eigenvalue weighted by Crippen LogP contribution is -2.61. The summed E-state index contributed by atoms with van der Waals surface area (Å²) in [6, 6.07) is 5.63. The fraction of sp³-hybridized carbons (Fsp3) is 0.708. The summed E-state index contributed by atoms with van der Waals surface area (Å²) in [4.78, 5) is 15.7. The van der Waals surface area contributed by atoms with Gasteiger partial charge in [0.15, 0.2) is 6.17 Å². The maximum Gasteiger partial charge on any atom is 0.416 e. The molecular formula is C24H39F3N3O3S+. The summed E-state index contributed by atoms with van der Waals surface area (Å²) in [6.07, 6.45) is -0.325. The number of carbonyl (C=O) groups excluding carboxylic acids is 1. The zero-order valence-electron chi connectivity index (χ0n) is 20.9. The molecule has 1 fully saturated rings. The first-order valence-electron chi connectivity index (χ1n) is 11.8. The van der Waals surface area contributed by atoms with Crippen molar-refractivity contribution in [3.8, 4) is 0 Å². The van der Waals surface area contributed by atoms with E-state index < -0.39 is 27.9 Å². The first-order chi connectivity index (χ1) is 15.7. The van der Waals surface area contributed by atoms with Gasteiger partial charge in [0.05, 0.1) is 32.3 Å². The Morgan fingerprint density at radius 2 is 1.85 bits per heavy atom. The van der Waals surface area contributed by atoms with E-state index in [4.69, 9.17) is 0 Å². The third kappa shape index (κ3) is 7.26. The molecule has 1 aliphatic rings. The quantitative estimate of drug-likeness (QED) is 0.339. The number of sulfonamides is 1. The molecule has 1 aromatic rings. The van der Waals surface area contributed by atoms with Crippen LogP contribution in [0.1, 0.15) is 44.2 Å². The van der Waals surface area contributed by atoms with Gasteiger partial charge in [-0.25, -0.2) is 3.89 Å². The number of carbonyl (C=O) groups is 1. The highest BCUT2D eigenvalue weighted by atomic mass is 32.2. The number of rotatable bonds is 11. The number of aldehydes is 1. The van der Waals surface area contributed by atoms with Crippen LogP contribution >= 0.6 is 0 Å². The molecule has 194 valence electrons. The van der Waals surface area contributed by atoms with Gasteiger partial charge in [-0.15, -0.1) is 0 Å². The molecule has 34 heavy (non-hydrogen) atoms. The number of piperidine rings is 1. The highest BCUT2D eigenvalue weighted by molar-refractivity contribution is 7.85. The van der Waals surface area contributed by atoms with Crippen molar-refractivity contribution in [2.24, 2.45) is 5.92 Å². The van der Waals surface area contributed by atoms with Crippen molar-refractivity contribution in [3.05, 3.63) is 35.4 Å². The van der Waals surface area contributed by atoms with Crippen molar-refractivity contribution >= 4 is 16.3 Å². The highest BCUT2D eigenvalue weighted by Gasteiger charge is 2.42. The lowest BCUT2D eigenvalue weighted by Gasteiger charge is -2.44. The summed E-state index contributed by atoms with van der Waals surface area (Å²) >= 11 is 0. The average molecular weight is 507 g/mol. The van der Waals surface area contributed by atoms with E-state index in [1.165, 1.54) is 18.4 Å². The minimum Gasteiger partial charge on any atom is -0.303 e. The Hall–Kier alpha value is -1.49. The SMILES string of the molecule is CCN(CC1CCN(C(CC=O)[N+](C)(C)S(C)(=O)=O)CC1)C(C)Cc1cccc(C(F)(F)F)c1. The normalized spacial score (nSPS) is 18.7. The topological polar surface area (TPSA) is 57.7 Å². The zero-order valence-corrected chi connectivity index (χ0v) is 21.7. The molecule has 0 N–H and O–H groups in total. The van der Waals surface area contributed by atoms with E-state index in [-0.39, 0.29) is 16.4 Å². The van der Waals surface area contributed by atoms with Gasteiger partial charge in [-0.1, -0.05) is 25.1 Å². The first kappa shape index (κ1) is 28.7. The third-order valence-electron chi connectivity index (χ3n) is 7.26. The van der Waals surface area contributed by atoms with Crippen molar-refractivity contribution < 1.29 is 30.3 Å². The largest absolute Gasteiger partial charge is 0.416 e. The van der Waals surface area contributed by atoms with Gasteiger partial charge >= 0.3 is 6.18 Å². The molecule has 2 rings (SSSR count). The molecule has 2 unspecified atom stereocenters. The number of likely N-dealkylation sites (N-methyl/N-ethyl adjacent to an activating group) is 1. The number of halogens is 3. The smallest absolute Gasteiger partial charge is 0.303 e. The summed E-state index contributed by atoms with van der Waals surface area (Å²) in [6.45, 7) is 7.16. The van der Waals surface area contributed by atoms with Crippen LogP contribution in [0.25, 0.3) is 0 Å². The lowest BCUT2D eigenvalue weighted by molar-refractivity contribution is -0.806. The Kier molecular flexibility index (Phi) is 9.72. The van der Waals surface area contributed by atoms with Crippen molar-refractivity contribution in [1.29, 1.82) is 0 Å². The Morgan fingerprint density at radius 1 is 1.24 bits per heavy atom. The molecule has 1 aromatic carbocycles. The van der Waals surface area contributed by atoms with Gasteiger partial charge in [-0.2, -0.15) is 21.6 Å². The molecule has 10 heteroatoms. The summed E-state index contributed by atoms with van der Waals surface area (Å²) in [5, 5.41) is 0. The van der Waals surface area contributed by atoms with Gasteiger partial charge in [0.2, 0.25) is 0 Å². The average Bonchev–Trinajstić information content (AvgIpc) is 2.75. The van der Waals surface area contributed by atoms with Gasteiger partial charge in [-0.05, 0) is 50.3 Å². The Bertz CT molecular complexity index is 914. The monoisotopic (exact) mass is 506 g/mol. The Labute approximate surface area is 202 Å². The van der Waals surface area contributed by atoms with Gasteiger partial charge in [0.25, 0.3) is 10.0 Å². The summed E-state index contributed by atoms with van der Waals surface area (Å²) in [5.74, 6) is 0.408. The molecule has 0 spiro atoms. The van der Waals surface area contributed by atoms with Crippen molar-refractivity contribution in [1.82, 2.24) is 9.80 Å². The van der Waals surface area contributed by atoms with Gasteiger partial charge in [-0.3, -0.25) is 4.90 Å². The maximum atomic E-state index is 13.0. The number of hydrogen-bond acceptors (Lipinski definition) is 5. The van der Waals surface area contributed by atoms with E-state index >= 15 is 0 Å². The van der Waals surface area contributed by atoms with Crippen LogP contribution in [0.4, 0.5) is 13.2 Å². The molecule has 6 nitrogen and oxygen atoms in total. The fourth-order valence-electron chi connectivity index (χ4n) is 4.83. The molecule has 0 aromatic heterocycles. The van der Waals surface area contributed by atoms with E-state index in [1.54, 1.807) is 20.2 Å². The lowest BCUT2D eigenvalue weighted by atomic mass is 9.94. The third-order valence-corrected chi connectivity index (χ3v) is 9.21. The van der Waals surface area contributed by atoms with E-state index in [0.29, 0.717) is 31.0 Å². The van der Waals surface area contributed by atoms with Crippen LogP contribution in [0.5, 0.6) is 0 Å². The molecule has 1 heterocycles. The van der Waals surface area contributed by atoms with E-state index in [2.05, 4.69) is 16.7 Å². The Balaban J connectivity index is 1.99. The van der Waals surface area contributed by atoms with Gasteiger partial charge in [0.1, 0.15) is 6.29 Å². The number of benzene rings is 1. The number of alkyl halides is 3. The van der Waals surface area contributed by atoms with Crippen LogP contribution in [0.15, 0.2) is 24.3 Å². The van der Waals surface area contributed by atoms with Crippen LogP contribution in [-0.4, -0.2) is 87.1 Å². The van der Waals surface area contributed by atoms with E-state index in [1.807, 2.05) is 6.92 Å². The predicted molar refractivity (Wildman–Crippen MR) is 128 cm³/mol. The summed E-state index contributed by atoms with van der Waals surface area (Å²) in [7, 11) is -0.147. The van der Waals surface area contributed by atoms with Crippen LogP contribution in [-0.2, 0) is 27.4 Å². The van der Waals surface area contributed by atoms with Crippen LogP contribution < -0.4 is 0 Å². The second kappa shape index (κ2) is 11.5. The fourth-order valence-corrected chi connectivity index (χ4v) is 5.50. The maximum absolute atomic E-state index is 13.0. The Morgan fingerprint density at radius 3 is 2.35 bits per heavy atom. The van der Waals surface area contributed by atoms with Crippen molar-refractivity contribution in [3.63, 3.8) is 0 Å². The molecule has 0 amide bonds. The number of likely N-dealkylation sites (tertiary alicyclic amines) is 1. The zero-order chi connectivity index (χ0) is 25.7. The molecule has 0 radical (unpaired) electrons. The molecular weight excluding hydrogens is 467 g/mol. The van der Waals surface area contributed by atoms with Gasteiger partial charge < -0.3 is 9.69 Å². The van der Waals surface area contributed by atoms with Crippen molar-refractivity contribution in [2.75, 3.05) is 46.5 Å². The van der Waals surface area contributed by atoms with Crippen LogP contribution in [0, 0.1) is 5.92 Å². The minimum absolute atomic E-state index is 0.0927. The first-order valence-corrected chi connectivity index (χ1v) is 13.7. The molecule has 0 aliphatic carbocycles. The standard InChI is InChI=1S/C24H39F3N3O3S/c1-6-28(19(2)16-21-8-7-9-22(17-21)24(25,26)27)18-20-10-13-29(14-11-20)23(12-15-31)30(3,4)34(5,32)33/h7-9,15,17,19-20,23H,6,10-14,16,18H2,1-5H3/q+1. The molecule has 1 saturated heterocycles.